The molecule has 8 nitrogen and oxygen atoms in total. The monoisotopic (exact) mass is 389 g/mol. The Hall–Kier alpha value is -2.78. The summed E-state index contributed by atoms with van der Waals surface area (Å²) in [5.41, 5.74) is 1.17. The predicted molar refractivity (Wildman–Crippen MR) is 100 cm³/mol. The van der Waals surface area contributed by atoms with E-state index >= 15 is 0 Å². The molecule has 0 aliphatic heterocycles. The SMILES string of the molecule is Cc1cccc(C(=O)Nc2cc(S(=O)(=O)NC3CC3)cc([N+](=O)[O-])c2C)c1. The maximum absolute atomic E-state index is 12.5. The summed E-state index contributed by atoms with van der Waals surface area (Å²) >= 11 is 0. The molecule has 1 aliphatic carbocycles. The van der Waals surface area contributed by atoms with Crippen molar-refractivity contribution in [3.63, 3.8) is 0 Å². The van der Waals surface area contributed by atoms with E-state index in [0.29, 0.717) is 5.56 Å². The lowest BCUT2D eigenvalue weighted by molar-refractivity contribution is -0.385. The number of hydrogen-bond acceptors (Lipinski definition) is 5. The standard InChI is InChI=1S/C18H19N3O5S/c1-11-4-3-5-13(8-11)18(22)19-16-9-15(10-17(12(16)2)21(23)24)27(25,26)20-14-6-7-14/h3-5,8-10,14,20H,6-7H2,1-2H3,(H,19,22). The van der Waals surface area contributed by atoms with Gasteiger partial charge in [0.15, 0.2) is 0 Å². The highest BCUT2D eigenvalue weighted by Gasteiger charge is 2.30. The molecule has 27 heavy (non-hydrogen) atoms. The Balaban J connectivity index is 2.00. The summed E-state index contributed by atoms with van der Waals surface area (Å²) in [5, 5.41) is 14.0. The number of rotatable bonds is 6. The molecular formula is C18H19N3O5S. The van der Waals surface area contributed by atoms with Gasteiger partial charge in [0.1, 0.15) is 0 Å². The molecule has 3 rings (SSSR count). The summed E-state index contributed by atoms with van der Waals surface area (Å²) in [6.07, 6.45) is 1.48. The van der Waals surface area contributed by atoms with E-state index in [4.69, 9.17) is 0 Å². The highest BCUT2D eigenvalue weighted by molar-refractivity contribution is 7.89. The molecule has 0 saturated heterocycles. The number of nitrogens with zero attached hydrogens (tertiary/aromatic N) is 1. The van der Waals surface area contributed by atoms with Crippen LogP contribution in [0.15, 0.2) is 41.3 Å². The van der Waals surface area contributed by atoms with Gasteiger partial charge >= 0.3 is 0 Å². The number of carbonyl (C=O) groups is 1. The molecule has 0 bridgehead atoms. The maximum atomic E-state index is 12.5. The number of hydrogen-bond donors (Lipinski definition) is 2. The van der Waals surface area contributed by atoms with Crippen LogP contribution in [0.5, 0.6) is 0 Å². The van der Waals surface area contributed by atoms with Gasteiger partial charge in [0, 0.05) is 17.7 Å². The number of benzene rings is 2. The van der Waals surface area contributed by atoms with Gasteiger partial charge in [-0.3, -0.25) is 14.9 Å². The molecule has 1 aliphatic rings. The van der Waals surface area contributed by atoms with Gasteiger partial charge in [-0.25, -0.2) is 13.1 Å². The van der Waals surface area contributed by atoms with Gasteiger partial charge in [-0.2, -0.15) is 0 Å². The van der Waals surface area contributed by atoms with Crippen molar-refractivity contribution >= 4 is 27.3 Å². The summed E-state index contributed by atoms with van der Waals surface area (Å²) in [5.74, 6) is -0.471. The quantitative estimate of drug-likeness (QED) is 0.582. The number of carbonyl (C=O) groups excluding carboxylic acids is 1. The zero-order valence-electron chi connectivity index (χ0n) is 14.9. The Morgan fingerprint density at radius 2 is 1.89 bits per heavy atom. The molecule has 2 aromatic carbocycles. The third kappa shape index (κ3) is 4.32. The lowest BCUT2D eigenvalue weighted by Gasteiger charge is -2.12. The highest BCUT2D eigenvalue weighted by Crippen LogP contribution is 2.31. The molecule has 0 spiro atoms. The number of anilines is 1. The molecule has 0 atom stereocenters. The van der Waals surface area contributed by atoms with E-state index in [9.17, 15) is 23.3 Å². The number of nitro benzene ring substituents is 1. The van der Waals surface area contributed by atoms with E-state index in [0.717, 1.165) is 24.5 Å². The molecular weight excluding hydrogens is 370 g/mol. The summed E-state index contributed by atoms with van der Waals surface area (Å²) in [6.45, 7) is 3.30. The Kier molecular flexibility index (Phi) is 4.99. The average Bonchev–Trinajstić information content (AvgIpc) is 3.39. The fourth-order valence-corrected chi connectivity index (χ4v) is 3.97. The second-order valence-electron chi connectivity index (χ2n) is 6.59. The molecule has 0 radical (unpaired) electrons. The van der Waals surface area contributed by atoms with Crippen LogP contribution in [0, 0.1) is 24.0 Å². The van der Waals surface area contributed by atoms with Crippen LogP contribution in [-0.2, 0) is 10.0 Å². The molecule has 0 aromatic heterocycles. The summed E-state index contributed by atoms with van der Waals surface area (Å²) in [7, 11) is -3.91. The van der Waals surface area contributed by atoms with E-state index in [2.05, 4.69) is 10.0 Å². The summed E-state index contributed by atoms with van der Waals surface area (Å²) in [6, 6.07) is 8.98. The zero-order valence-corrected chi connectivity index (χ0v) is 15.7. The second kappa shape index (κ2) is 7.09. The highest BCUT2D eigenvalue weighted by atomic mass is 32.2. The van der Waals surface area contributed by atoms with Gasteiger partial charge in [-0.05, 0) is 44.9 Å². The van der Waals surface area contributed by atoms with E-state index in [1.54, 1.807) is 18.2 Å². The number of sulfonamides is 1. The van der Waals surface area contributed by atoms with Crippen molar-refractivity contribution in [2.75, 3.05) is 5.32 Å². The number of aryl methyl sites for hydroxylation is 1. The molecule has 142 valence electrons. The van der Waals surface area contributed by atoms with E-state index in [1.165, 1.54) is 13.0 Å². The van der Waals surface area contributed by atoms with Crippen molar-refractivity contribution in [2.24, 2.45) is 0 Å². The number of nitrogens with one attached hydrogen (secondary N) is 2. The number of amides is 1. The van der Waals surface area contributed by atoms with Crippen molar-refractivity contribution in [2.45, 2.75) is 37.6 Å². The second-order valence-corrected chi connectivity index (χ2v) is 8.31. The van der Waals surface area contributed by atoms with Crippen molar-refractivity contribution in [1.29, 1.82) is 0 Å². The fourth-order valence-electron chi connectivity index (χ4n) is 2.62. The normalized spacial score (nSPS) is 14.0. The Labute approximate surface area is 156 Å². The summed E-state index contributed by atoms with van der Waals surface area (Å²) < 4.78 is 27.4. The van der Waals surface area contributed by atoms with Crippen LogP contribution in [0.25, 0.3) is 0 Å². The van der Waals surface area contributed by atoms with Gasteiger partial charge < -0.3 is 5.32 Å². The summed E-state index contributed by atoms with van der Waals surface area (Å²) in [4.78, 5) is 23.0. The fraction of sp³-hybridized carbons (Fsp3) is 0.278. The Bertz CT molecular complexity index is 1030. The largest absolute Gasteiger partial charge is 0.321 e. The lowest BCUT2D eigenvalue weighted by Crippen LogP contribution is -2.26. The lowest BCUT2D eigenvalue weighted by atomic mass is 10.1. The molecule has 2 N–H and O–H groups in total. The van der Waals surface area contributed by atoms with Crippen molar-refractivity contribution in [3.05, 3.63) is 63.2 Å². The van der Waals surface area contributed by atoms with Crippen LogP contribution in [0.2, 0.25) is 0 Å². The number of nitro groups is 1. The molecule has 9 heteroatoms. The molecule has 1 fully saturated rings. The van der Waals surface area contributed by atoms with Crippen molar-refractivity contribution in [3.8, 4) is 0 Å². The van der Waals surface area contributed by atoms with Crippen molar-refractivity contribution in [1.82, 2.24) is 4.72 Å². The van der Waals surface area contributed by atoms with E-state index in [-0.39, 0.29) is 27.9 Å². The first-order valence-corrected chi connectivity index (χ1v) is 9.85. The van der Waals surface area contributed by atoms with Crippen LogP contribution in [0.3, 0.4) is 0 Å². The molecule has 1 amide bonds. The third-order valence-electron chi connectivity index (χ3n) is 4.29. The molecule has 1 saturated carbocycles. The van der Waals surface area contributed by atoms with Crippen LogP contribution >= 0.6 is 0 Å². The van der Waals surface area contributed by atoms with Crippen LogP contribution in [0.4, 0.5) is 11.4 Å². The first-order chi connectivity index (χ1) is 12.7. The van der Waals surface area contributed by atoms with Crippen molar-refractivity contribution < 1.29 is 18.1 Å². The van der Waals surface area contributed by atoms with Gasteiger partial charge in [0.05, 0.1) is 21.1 Å². The minimum absolute atomic E-state index is 0.0897. The van der Waals surface area contributed by atoms with Crippen LogP contribution in [0.1, 0.15) is 34.3 Å². The predicted octanol–water partition coefficient (Wildman–Crippen LogP) is 2.90. The molecule has 2 aromatic rings. The average molecular weight is 389 g/mol. The third-order valence-corrected chi connectivity index (χ3v) is 5.79. The van der Waals surface area contributed by atoms with Gasteiger partial charge in [-0.1, -0.05) is 17.7 Å². The maximum Gasteiger partial charge on any atom is 0.275 e. The molecule has 0 unspecified atom stereocenters. The smallest absolute Gasteiger partial charge is 0.275 e. The van der Waals surface area contributed by atoms with Gasteiger partial charge in [0.25, 0.3) is 11.6 Å². The Morgan fingerprint density at radius 1 is 1.19 bits per heavy atom. The van der Waals surface area contributed by atoms with Gasteiger partial charge in [-0.15, -0.1) is 0 Å². The first-order valence-electron chi connectivity index (χ1n) is 8.37. The van der Waals surface area contributed by atoms with Crippen LogP contribution in [-0.4, -0.2) is 25.3 Å². The zero-order chi connectivity index (χ0) is 19.8. The Morgan fingerprint density at radius 3 is 2.48 bits per heavy atom. The van der Waals surface area contributed by atoms with Crippen LogP contribution < -0.4 is 10.0 Å². The van der Waals surface area contributed by atoms with E-state index in [1.807, 2.05) is 13.0 Å². The molecule has 0 heterocycles. The van der Waals surface area contributed by atoms with E-state index < -0.39 is 20.9 Å². The minimum Gasteiger partial charge on any atom is -0.321 e. The minimum atomic E-state index is -3.91. The topological polar surface area (TPSA) is 118 Å². The first kappa shape index (κ1) is 19.0. The van der Waals surface area contributed by atoms with Gasteiger partial charge in [0.2, 0.25) is 10.0 Å².